The molecule has 5 heteroatoms. The van der Waals surface area contributed by atoms with Crippen LogP contribution in [0, 0.1) is 12.7 Å². The molecule has 0 aromatic heterocycles. The maximum absolute atomic E-state index is 13.3. The van der Waals surface area contributed by atoms with Gasteiger partial charge < -0.3 is 0 Å². The lowest BCUT2D eigenvalue weighted by atomic mass is 10.2. The molecule has 0 aliphatic carbocycles. The lowest BCUT2D eigenvalue weighted by Gasteiger charge is -2.04. The van der Waals surface area contributed by atoms with Gasteiger partial charge >= 0.3 is 0 Å². The molecular weight excluding hydrogens is 259 g/mol. The predicted octanol–water partition coefficient (Wildman–Crippen LogP) is 2.30. The first-order valence-electron chi connectivity index (χ1n) is 3.48. The summed E-state index contributed by atoms with van der Waals surface area (Å²) < 4.78 is 36.0. The van der Waals surface area contributed by atoms with Crippen LogP contribution in [0.3, 0.4) is 0 Å². The molecule has 1 rings (SSSR count). The van der Waals surface area contributed by atoms with Gasteiger partial charge in [0.05, 0.1) is 0 Å². The van der Waals surface area contributed by atoms with E-state index in [1.165, 1.54) is 19.1 Å². The van der Waals surface area contributed by atoms with Crippen LogP contribution in [-0.2, 0) is 9.84 Å². The molecule has 0 bridgehead atoms. The monoisotopic (exact) mass is 266 g/mol. The van der Waals surface area contributed by atoms with E-state index < -0.39 is 15.7 Å². The highest BCUT2D eigenvalue weighted by molar-refractivity contribution is 9.10. The van der Waals surface area contributed by atoms with Gasteiger partial charge in [0, 0.05) is 10.7 Å². The molecule has 0 aliphatic heterocycles. The lowest BCUT2D eigenvalue weighted by molar-refractivity contribution is 0.565. The Morgan fingerprint density at radius 2 is 1.92 bits per heavy atom. The van der Waals surface area contributed by atoms with Gasteiger partial charge in [0.25, 0.3) is 0 Å². The van der Waals surface area contributed by atoms with E-state index in [4.69, 9.17) is 0 Å². The Bertz CT molecular complexity index is 440. The number of rotatable bonds is 1. The van der Waals surface area contributed by atoms with Gasteiger partial charge in [-0.1, -0.05) is 15.9 Å². The number of benzene rings is 1. The fraction of sp³-hybridized carbons (Fsp3) is 0.250. The molecule has 2 nitrogen and oxygen atoms in total. The number of aryl methyl sites for hydroxylation is 1. The van der Waals surface area contributed by atoms with Gasteiger partial charge in [0.15, 0.2) is 9.84 Å². The Hall–Kier alpha value is -0.420. The van der Waals surface area contributed by atoms with Crippen LogP contribution in [0.5, 0.6) is 0 Å². The van der Waals surface area contributed by atoms with Gasteiger partial charge in [-0.15, -0.1) is 0 Å². The average Bonchev–Trinajstić information content (AvgIpc) is 1.94. The van der Waals surface area contributed by atoms with Crippen molar-refractivity contribution in [2.75, 3.05) is 6.26 Å². The average molecular weight is 267 g/mol. The fourth-order valence-corrected chi connectivity index (χ4v) is 2.52. The van der Waals surface area contributed by atoms with Crippen molar-refractivity contribution in [3.05, 3.63) is 28.0 Å². The van der Waals surface area contributed by atoms with Crippen LogP contribution in [0.25, 0.3) is 0 Å². The summed E-state index contributed by atoms with van der Waals surface area (Å²) >= 11 is 3.11. The second-order valence-corrected chi connectivity index (χ2v) is 5.71. The van der Waals surface area contributed by atoms with Gasteiger partial charge in [0.2, 0.25) is 0 Å². The van der Waals surface area contributed by atoms with Gasteiger partial charge in [-0.3, -0.25) is 0 Å². The minimum absolute atomic E-state index is 0.264. The van der Waals surface area contributed by atoms with E-state index in [-0.39, 0.29) is 4.90 Å². The van der Waals surface area contributed by atoms with Crippen molar-refractivity contribution < 1.29 is 12.8 Å². The number of hydrogen-bond donors (Lipinski definition) is 0. The minimum Gasteiger partial charge on any atom is -0.224 e. The zero-order valence-corrected chi connectivity index (χ0v) is 9.54. The molecule has 1 aromatic carbocycles. The summed E-state index contributed by atoms with van der Waals surface area (Å²) in [5.74, 6) is -0.675. The van der Waals surface area contributed by atoms with E-state index in [9.17, 15) is 12.8 Å². The first-order valence-corrected chi connectivity index (χ1v) is 6.16. The summed E-state index contributed by atoms with van der Waals surface area (Å²) in [7, 11) is -3.48. The molecule has 0 fully saturated rings. The van der Waals surface area contributed by atoms with Crippen LogP contribution in [0.1, 0.15) is 5.56 Å². The van der Waals surface area contributed by atoms with Crippen molar-refractivity contribution in [1.82, 2.24) is 0 Å². The minimum atomic E-state index is -3.48. The highest BCUT2D eigenvalue weighted by Crippen LogP contribution is 2.23. The maximum atomic E-state index is 13.3. The molecule has 13 heavy (non-hydrogen) atoms. The topological polar surface area (TPSA) is 34.1 Å². The molecule has 0 spiro atoms. The Labute approximate surface area is 84.8 Å². The Balaban J connectivity index is 3.56. The Morgan fingerprint density at radius 1 is 1.38 bits per heavy atom. The summed E-state index contributed by atoms with van der Waals surface area (Å²) in [5.41, 5.74) is 0.315. The number of halogens is 2. The zero-order chi connectivity index (χ0) is 10.2. The van der Waals surface area contributed by atoms with Gasteiger partial charge in [-0.25, -0.2) is 12.8 Å². The smallest absolute Gasteiger partial charge is 0.178 e. The first-order chi connectivity index (χ1) is 5.82. The fourth-order valence-electron chi connectivity index (χ4n) is 0.965. The number of sulfone groups is 1. The van der Waals surface area contributed by atoms with Crippen LogP contribution in [-0.4, -0.2) is 14.7 Å². The third-order valence-electron chi connectivity index (χ3n) is 1.59. The van der Waals surface area contributed by atoms with Crippen molar-refractivity contribution in [3.63, 3.8) is 0 Å². The van der Waals surface area contributed by atoms with Gasteiger partial charge in [-0.2, -0.15) is 0 Å². The highest BCUT2D eigenvalue weighted by atomic mass is 79.9. The SMILES string of the molecule is Cc1cc(Br)cc(S(C)(=O)=O)c1F. The van der Waals surface area contributed by atoms with E-state index in [1.807, 2.05) is 0 Å². The van der Waals surface area contributed by atoms with Crippen LogP contribution in [0.2, 0.25) is 0 Å². The maximum Gasteiger partial charge on any atom is 0.178 e. The summed E-state index contributed by atoms with van der Waals surface area (Å²) in [6.45, 7) is 1.52. The predicted molar refractivity (Wildman–Crippen MR) is 51.9 cm³/mol. The summed E-state index contributed by atoms with van der Waals surface area (Å²) in [4.78, 5) is -0.264. The van der Waals surface area contributed by atoms with Crippen LogP contribution in [0.15, 0.2) is 21.5 Å². The molecule has 0 saturated heterocycles. The van der Waals surface area contributed by atoms with E-state index >= 15 is 0 Å². The molecule has 0 radical (unpaired) electrons. The van der Waals surface area contributed by atoms with Crippen LogP contribution in [0.4, 0.5) is 4.39 Å². The zero-order valence-electron chi connectivity index (χ0n) is 7.14. The normalized spacial score (nSPS) is 11.7. The quantitative estimate of drug-likeness (QED) is 0.782. The highest BCUT2D eigenvalue weighted by Gasteiger charge is 2.15. The van der Waals surface area contributed by atoms with E-state index in [2.05, 4.69) is 15.9 Å². The lowest BCUT2D eigenvalue weighted by Crippen LogP contribution is -2.02. The van der Waals surface area contributed by atoms with Crippen molar-refractivity contribution in [1.29, 1.82) is 0 Å². The molecule has 0 N–H and O–H groups in total. The summed E-state index contributed by atoms with van der Waals surface area (Å²) in [6, 6.07) is 2.79. The third-order valence-corrected chi connectivity index (χ3v) is 3.14. The van der Waals surface area contributed by atoms with E-state index in [0.717, 1.165) is 6.26 Å². The van der Waals surface area contributed by atoms with Gasteiger partial charge in [0.1, 0.15) is 10.7 Å². The summed E-state index contributed by atoms with van der Waals surface area (Å²) in [5, 5.41) is 0. The second kappa shape index (κ2) is 3.38. The third kappa shape index (κ3) is 2.28. The molecular formula is C8H8BrFO2S. The number of hydrogen-bond acceptors (Lipinski definition) is 2. The summed E-state index contributed by atoms with van der Waals surface area (Å²) in [6.07, 6.45) is 0.983. The van der Waals surface area contributed by atoms with Crippen molar-refractivity contribution in [2.45, 2.75) is 11.8 Å². The van der Waals surface area contributed by atoms with Crippen molar-refractivity contribution >= 4 is 25.8 Å². The molecule has 0 heterocycles. The molecule has 72 valence electrons. The van der Waals surface area contributed by atoms with Crippen molar-refractivity contribution in [2.24, 2.45) is 0 Å². The van der Waals surface area contributed by atoms with Crippen molar-refractivity contribution in [3.8, 4) is 0 Å². The molecule has 1 aromatic rings. The van der Waals surface area contributed by atoms with E-state index in [0.29, 0.717) is 10.0 Å². The largest absolute Gasteiger partial charge is 0.224 e. The van der Waals surface area contributed by atoms with Crippen LogP contribution >= 0.6 is 15.9 Å². The van der Waals surface area contributed by atoms with E-state index in [1.54, 1.807) is 0 Å². The molecule has 0 amide bonds. The molecule has 0 aliphatic rings. The Kier molecular flexibility index (Phi) is 2.77. The molecule has 0 saturated carbocycles. The molecule has 0 unspecified atom stereocenters. The molecule has 0 atom stereocenters. The Morgan fingerprint density at radius 3 is 2.38 bits per heavy atom. The first kappa shape index (κ1) is 10.7. The van der Waals surface area contributed by atoms with Gasteiger partial charge in [-0.05, 0) is 24.6 Å². The standard InChI is InChI=1S/C8H8BrFO2S/c1-5-3-6(9)4-7(8(5)10)13(2,11)12/h3-4H,1-2H3. The van der Waals surface area contributed by atoms with Crippen LogP contribution < -0.4 is 0 Å². The second-order valence-electron chi connectivity index (χ2n) is 2.81.